The number of anilines is 1. The van der Waals surface area contributed by atoms with Gasteiger partial charge in [-0.15, -0.1) is 0 Å². The van der Waals surface area contributed by atoms with Crippen LogP contribution in [0.5, 0.6) is 0 Å². The summed E-state index contributed by atoms with van der Waals surface area (Å²) >= 11 is 0. The predicted octanol–water partition coefficient (Wildman–Crippen LogP) is 3.50. The lowest BCUT2D eigenvalue weighted by Crippen LogP contribution is -2.30. The number of amides is 2. The Morgan fingerprint density at radius 3 is 2.21 bits per heavy atom. The number of nitrogens with zero attached hydrogens (tertiary/aromatic N) is 1. The summed E-state index contributed by atoms with van der Waals surface area (Å²) in [6.07, 6.45) is 2.62. The first kappa shape index (κ1) is 21.8. The van der Waals surface area contributed by atoms with Crippen LogP contribution < -0.4 is 5.32 Å². The van der Waals surface area contributed by atoms with Crippen molar-refractivity contribution < 1.29 is 23.5 Å². The Balaban J connectivity index is 1.82. The summed E-state index contributed by atoms with van der Waals surface area (Å²) in [4.78, 5) is 37.5. The molecule has 0 heterocycles. The van der Waals surface area contributed by atoms with E-state index >= 15 is 0 Å². The molecular formula is C22H23FN2O4. The molecule has 0 aliphatic rings. The quantitative estimate of drug-likeness (QED) is 0.545. The van der Waals surface area contributed by atoms with Gasteiger partial charge in [0.25, 0.3) is 11.8 Å². The van der Waals surface area contributed by atoms with Gasteiger partial charge in [0.1, 0.15) is 5.82 Å². The van der Waals surface area contributed by atoms with Crippen molar-refractivity contribution in [3.05, 3.63) is 71.6 Å². The summed E-state index contributed by atoms with van der Waals surface area (Å²) in [5.74, 6) is -1.64. The summed E-state index contributed by atoms with van der Waals surface area (Å²) in [5.41, 5.74) is 1.65. The third kappa shape index (κ3) is 6.88. The van der Waals surface area contributed by atoms with E-state index in [1.165, 1.54) is 30.3 Å². The number of benzene rings is 2. The molecule has 0 aliphatic carbocycles. The lowest BCUT2D eigenvalue weighted by molar-refractivity contribution is -0.142. The molecule has 0 radical (unpaired) electrons. The number of rotatable bonds is 8. The highest BCUT2D eigenvalue weighted by Gasteiger charge is 2.12. The van der Waals surface area contributed by atoms with Crippen LogP contribution in [0.15, 0.2) is 54.6 Å². The normalized spacial score (nSPS) is 10.6. The van der Waals surface area contributed by atoms with E-state index in [1.807, 2.05) is 13.8 Å². The first-order valence-corrected chi connectivity index (χ1v) is 9.22. The lowest BCUT2D eigenvalue weighted by atomic mass is 10.2. The van der Waals surface area contributed by atoms with Crippen LogP contribution >= 0.6 is 0 Å². The standard InChI is InChI=1S/C22H23FN2O4/c1-3-25(4-2)22(28)17-8-12-19(13-9-17)24-20(26)15-29-21(27)14-7-16-5-10-18(23)11-6-16/h5-14H,3-4,15H2,1-2H3,(H,24,26)/b14-7+. The van der Waals surface area contributed by atoms with Crippen molar-refractivity contribution in [3.63, 3.8) is 0 Å². The fraction of sp³-hybridized carbons (Fsp3) is 0.227. The van der Waals surface area contributed by atoms with Gasteiger partial charge in [0, 0.05) is 30.4 Å². The molecular weight excluding hydrogens is 375 g/mol. The molecule has 152 valence electrons. The number of nitrogens with one attached hydrogen (secondary N) is 1. The van der Waals surface area contributed by atoms with Crippen LogP contribution in [0.3, 0.4) is 0 Å². The van der Waals surface area contributed by atoms with E-state index in [-0.39, 0.29) is 11.7 Å². The van der Waals surface area contributed by atoms with E-state index in [0.717, 1.165) is 6.08 Å². The molecule has 6 nitrogen and oxygen atoms in total. The van der Waals surface area contributed by atoms with Crippen molar-refractivity contribution in [3.8, 4) is 0 Å². The molecule has 2 rings (SSSR count). The monoisotopic (exact) mass is 398 g/mol. The molecule has 29 heavy (non-hydrogen) atoms. The summed E-state index contributed by atoms with van der Waals surface area (Å²) in [6, 6.07) is 12.1. The molecule has 2 aromatic carbocycles. The number of carbonyl (C=O) groups is 3. The second-order valence-electron chi connectivity index (χ2n) is 6.10. The molecule has 0 spiro atoms. The summed E-state index contributed by atoms with van der Waals surface area (Å²) < 4.78 is 17.7. The Hall–Kier alpha value is -3.48. The van der Waals surface area contributed by atoms with Gasteiger partial charge in [-0.05, 0) is 61.9 Å². The Morgan fingerprint density at radius 1 is 1.00 bits per heavy atom. The Labute approximate surface area is 169 Å². The minimum atomic E-state index is -0.690. The second kappa shape index (κ2) is 10.8. The van der Waals surface area contributed by atoms with Crippen LogP contribution in [0, 0.1) is 5.82 Å². The molecule has 0 bridgehead atoms. The van der Waals surface area contributed by atoms with E-state index in [9.17, 15) is 18.8 Å². The Kier molecular flexibility index (Phi) is 8.09. The van der Waals surface area contributed by atoms with Crippen molar-refractivity contribution in [1.29, 1.82) is 0 Å². The van der Waals surface area contributed by atoms with Crippen LogP contribution in [-0.2, 0) is 14.3 Å². The lowest BCUT2D eigenvalue weighted by Gasteiger charge is -2.18. The zero-order chi connectivity index (χ0) is 21.2. The van der Waals surface area contributed by atoms with Crippen LogP contribution in [0.4, 0.5) is 10.1 Å². The third-order valence-electron chi connectivity index (χ3n) is 4.09. The minimum Gasteiger partial charge on any atom is -0.452 e. The van der Waals surface area contributed by atoms with Crippen LogP contribution in [0.1, 0.15) is 29.8 Å². The van der Waals surface area contributed by atoms with E-state index < -0.39 is 18.5 Å². The van der Waals surface area contributed by atoms with Crippen molar-refractivity contribution in [2.75, 3.05) is 25.0 Å². The van der Waals surface area contributed by atoms with E-state index in [4.69, 9.17) is 4.74 Å². The SMILES string of the molecule is CCN(CC)C(=O)c1ccc(NC(=O)COC(=O)/C=C/c2ccc(F)cc2)cc1. The molecule has 0 saturated carbocycles. The summed E-state index contributed by atoms with van der Waals surface area (Å²) in [7, 11) is 0. The third-order valence-corrected chi connectivity index (χ3v) is 4.09. The van der Waals surface area contributed by atoms with Crippen LogP contribution in [0.25, 0.3) is 6.08 Å². The van der Waals surface area contributed by atoms with Crippen LogP contribution in [-0.4, -0.2) is 42.4 Å². The number of hydrogen-bond donors (Lipinski definition) is 1. The van der Waals surface area contributed by atoms with Gasteiger partial charge in [-0.25, -0.2) is 9.18 Å². The van der Waals surface area contributed by atoms with Crippen LogP contribution in [0.2, 0.25) is 0 Å². The molecule has 0 atom stereocenters. The number of ether oxygens (including phenoxy) is 1. The average molecular weight is 398 g/mol. The smallest absolute Gasteiger partial charge is 0.331 e. The zero-order valence-electron chi connectivity index (χ0n) is 16.4. The zero-order valence-corrected chi connectivity index (χ0v) is 16.4. The van der Waals surface area contributed by atoms with E-state index in [1.54, 1.807) is 29.2 Å². The molecule has 1 N–H and O–H groups in total. The number of halogens is 1. The number of hydrogen-bond acceptors (Lipinski definition) is 4. The highest BCUT2D eigenvalue weighted by molar-refractivity contribution is 5.97. The first-order valence-electron chi connectivity index (χ1n) is 9.22. The van der Waals surface area contributed by atoms with Gasteiger partial charge in [0.15, 0.2) is 6.61 Å². The van der Waals surface area contributed by atoms with Crippen molar-refractivity contribution >= 4 is 29.5 Å². The van der Waals surface area contributed by atoms with Gasteiger partial charge in [-0.2, -0.15) is 0 Å². The maximum Gasteiger partial charge on any atom is 0.331 e. The number of esters is 1. The van der Waals surface area contributed by atoms with E-state index in [0.29, 0.717) is 29.9 Å². The molecule has 0 unspecified atom stereocenters. The van der Waals surface area contributed by atoms with Crippen molar-refractivity contribution in [1.82, 2.24) is 4.90 Å². The molecule has 2 aromatic rings. The molecule has 0 fully saturated rings. The fourth-order valence-corrected chi connectivity index (χ4v) is 2.51. The Morgan fingerprint density at radius 2 is 1.62 bits per heavy atom. The van der Waals surface area contributed by atoms with Gasteiger partial charge < -0.3 is 15.0 Å². The largest absolute Gasteiger partial charge is 0.452 e. The maximum absolute atomic E-state index is 12.8. The highest BCUT2D eigenvalue weighted by atomic mass is 19.1. The maximum atomic E-state index is 12.8. The van der Waals surface area contributed by atoms with Gasteiger partial charge in [-0.3, -0.25) is 9.59 Å². The average Bonchev–Trinajstić information content (AvgIpc) is 2.73. The highest BCUT2D eigenvalue weighted by Crippen LogP contribution is 2.12. The summed E-state index contributed by atoms with van der Waals surface area (Å²) in [5, 5.41) is 2.59. The fourth-order valence-electron chi connectivity index (χ4n) is 2.51. The molecule has 0 saturated heterocycles. The van der Waals surface area contributed by atoms with Crippen molar-refractivity contribution in [2.24, 2.45) is 0 Å². The molecule has 0 aromatic heterocycles. The first-order chi connectivity index (χ1) is 13.9. The molecule has 7 heteroatoms. The minimum absolute atomic E-state index is 0.0743. The topological polar surface area (TPSA) is 75.7 Å². The second-order valence-corrected chi connectivity index (χ2v) is 6.10. The van der Waals surface area contributed by atoms with Gasteiger partial charge in [-0.1, -0.05) is 12.1 Å². The Bertz CT molecular complexity index is 873. The molecule has 0 aliphatic heterocycles. The predicted molar refractivity (Wildman–Crippen MR) is 109 cm³/mol. The van der Waals surface area contributed by atoms with Gasteiger partial charge in [0.05, 0.1) is 0 Å². The summed E-state index contributed by atoms with van der Waals surface area (Å²) in [6.45, 7) is 4.61. The van der Waals surface area contributed by atoms with Gasteiger partial charge in [0.2, 0.25) is 0 Å². The molecule has 2 amide bonds. The number of carbonyl (C=O) groups excluding carboxylic acids is 3. The van der Waals surface area contributed by atoms with E-state index in [2.05, 4.69) is 5.32 Å². The van der Waals surface area contributed by atoms with Crippen molar-refractivity contribution in [2.45, 2.75) is 13.8 Å². The van der Waals surface area contributed by atoms with Gasteiger partial charge >= 0.3 is 5.97 Å².